The van der Waals surface area contributed by atoms with Gasteiger partial charge in [-0.05, 0) is 55.7 Å². The zero-order valence-corrected chi connectivity index (χ0v) is 16.0. The number of methoxy groups -OCH3 is 1. The molecule has 5 nitrogen and oxygen atoms in total. The number of fused-ring (bicyclic) bond motifs is 1. The van der Waals surface area contributed by atoms with E-state index in [1.54, 1.807) is 31.4 Å². The highest BCUT2D eigenvalue weighted by molar-refractivity contribution is 5.82. The van der Waals surface area contributed by atoms with Crippen LogP contribution in [-0.4, -0.2) is 13.0 Å². The third kappa shape index (κ3) is 4.22. The standard InChI is InChI=1S/C22H22FNO4/c1-13-18-9-8-17(27-3)12-20(18)28-22(26)19(13)10-11-21(25)24-14(2)15-4-6-16(23)7-5-15/h4-9,12,14H,10-11H2,1-3H3,(H,24,25). The minimum atomic E-state index is -0.447. The van der Waals surface area contributed by atoms with Gasteiger partial charge in [-0.2, -0.15) is 0 Å². The molecule has 3 rings (SSSR count). The van der Waals surface area contributed by atoms with Crippen LogP contribution in [-0.2, 0) is 11.2 Å². The number of benzene rings is 2. The Balaban J connectivity index is 1.71. The molecule has 1 atom stereocenters. The van der Waals surface area contributed by atoms with Gasteiger partial charge >= 0.3 is 5.63 Å². The molecule has 3 aromatic rings. The Bertz CT molecular complexity index is 1060. The molecule has 28 heavy (non-hydrogen) atoms. The molecule has 1 amide bonds. The molecule has 6 heteroatoms. The van der Waals surface area contributed by atoms with Gasteiger partial charge in [0.15, 0.2) is 0 Å². The van der Waals surface area contributed by atoms with Crippen molar-refractivity contribution in [3.05, 3.63) is 75.4 Å². The first-order valence-electron chi connectivity index (χ1n) is 9.04. The predicted octanol–water partition coefficient (Wildman–Crippen LogP) is 4.06. The van der Waals surface area contributed by atoms with Gasteiger partial charge in [-0.25, -0.2) is 9.18 Å². The zero-order valence-electron chi connectivity index (χ0n) is 16.0. The van der Waals surface area contributed by atoms with Crippen molar-refractivity contribution >= 4 is 16.9 Å². The predicted molar refractivity (Wildman–Crippen MR) is 105 cm³/mol. The van der Waals surface area contributed by atoms with Crippen LogP contribution < -0.4 is 15.7 Å². The summed E-state index contributed by atoms with van der Waals surface area (Å²) in [5.41, 5.74) is 2.11. The molecule has 0 aliphatic heterocycles. The van der Waals surface area contributed by atoms with E-state index in [-0.39, 0.29) is 30.6 Å². The summed E-state index contributed by atoms with van der Waals surface area (Å²) in [4.78, 5) is 24.7. The maximum absolute atomic E-state index is 13.0. The van der Waals surface area contributed by atoms with Gasteiger partial charge in [0.25, 0.3) is 0 Å². The lowest BCUT2D eigenvalue weighted by molar-refractivity contribution is -0.121. The molecule has 0 spiro atoms. The van der Waals surface area contributed by atoms with Gasteiger partial charge in [-0.3, -0.25) is 4.79 Å². The summed E-state index contributed by atoms with van der Waals surface area (Å²) in [6, 6.07) is 11.0. The average Bonchev–Trinajstić information content (AvgIpc) is 2.67. The average molecular weight is 383 g/mol. The molecule has 1 unspecified atom stereocenters. The molecule has 1 N–H and O–H groups in total. The third-order valence-electron chi connectivity index (χ3n) is 4.84. The minimum Gasteiger partial charge on any atom is -0.497 e. The second-order valence-electron chi connectivity index (χ2n) is 6.70. The van der Waals surface area contributed by atoms with Crippen molar-refractivity contribution in [3.8, 4) is 5.75 Å². The van der Waals surface area contributed by atoms with Gasteiger partial charge in [0, 0.05) is 23.4 Å². The van der Waals surface area contributed by atoms with E-state index in [0.717, 1.165) is 16.5 Å². The van der Waals surface area contributed by atoms with E-state index in [9.17, 15) is 14.0 Å². The van der Waals surface area contributed by atoms with Gasteiger partial charge < -0.3 is 14.5 Å². The number of amides is 1. The van der Waals surface area contributed by atoms with Crippen molar-refractivity contribution in [2.75, 3.05) is 7.11 Å². The van der Waals surface area contributed by atoms with E-state index in [0.29, 0.717) is 16.9 Å². The van der Waals surface area contributed by atoms with Crippen molar-refractivity contribution in [2.24, 2.45) is 0 Å². The van der Waals surface area contributed by atoms with Crippen LogP contribution >= 0.6 is 0 Å². The van der Waals surface area contributed by atoms with Crippen LogP contribution in [0.5, 0.6) is 5.75 Å². The van der Waals surface area contributed by atoms with Crippen LogP contribution in [0.4, 0.5) is 4.39 Å². The topological polar surface area (TPSA) is 68.5 Å². The first kappa shape index (κ1) is 19.6. The number of nitrogens with one attached hydrogen (secondary N) is 1. The van der Waals surface area contributed by atoms with Gasteiger partial charge in [0.05, 0.1) is 13.2 Å². The largest absolute Gasteiger partial charge is 0.497 e. The normalized spacial score (nSPS) is 12.0. The van der Waals surface area contributed by atoms with Crippen molar-refractivity contribution in [2.45, 2.75) is 32.7 Å². The van der Waals surface area contributed by atoms with Crippen molar-refractivity contribution in [1.82, 2.24) is 5.32 Å². The van der Waals surface area contributed by atoms with E-state index in [1.807, 2.05) is 19.9 Å². The molecule has 0 bridgehead atoms. The maximum atomic E-state index is 13.0. The number of hydrogen-bond acceptors (Lipinski definition) is 4. The highest BCUT2D eigenvalue weighted by Crippen LogP contribution is 2.24. The fourth-order valence-electron chi connectivity index (χ4n) is 3.18. The van der Waals surface area contributed by atoms with Crippen LogP contribution in [0.25, 0.3) is 11.0 Å². The first-order valence-corrected chi connectivity index (χ1v) is 9.04. The highest BCUT2D eigenvalue weighted by Gasteiger charge is 2.15. The molecule has 0 saturated heterocycles. The van der Waals surface area contributed by atoms with Crippen LogP contribution in [0.2, 0.25) is 0 Å². The number of halogens is 1. The zero-order chi connectivity index (χ0) is 20.3. The van der Waals surface area contributed by atoms with E-state index in [1.165, 1.54) is 12.1 Å². The van der Waals surface area contributed by atoms with Gasteiger partial charge in [0.2, 0.25) is 5.91 Å². The smallest absolute Gasteiger partial charge is 0.339 e. The van der Waals surface area contributed by atoms with E-state index in [2.05, 4.69) is 5.32 Å². The van der Waals surface area contributed by atoms with Crippen molar-refractivity contribution in [1.29, 1.82) is 0 Å². The molecule has 146 valence electrons. The molecule has 1 aromatic heterocycles. The first-order chi connectivity index (χ1) is 13.4. The lowest BCUT2D eigenvalue weighted by Gasteiger charge is -2.14. The molecular weight excluding hydrogens is 361 g/mol. The van der Waals surface area contributed by atoms with E-state index >= 15 is 0 Å². The lowest BCUT2D eigenvalue weighted by Crippen LogP contribution is -2.27. The number of ether oxygens (including phenoxy) is 1. The summed E-state index contributed by atoms with van der Waals surface area (Å²) >= 11 is 0. The van der Waals surface area contributed by atoms with Crippen molar-refractivity contribution in [3.63, 3.8) is 0 Å². The second kappa shape index (κ2) is 8.25. The molecule has 2 aromatic carbocycles. The Labute approximate surface area is 162 Å². The summed E-state index contributed by atoms with van der Waals surface area (Å²) in [5.74, 6) is 0.0980. The molecule has 0 fully saturated rings. The number of rotatable bonds is 6. The monoisotopic (exact) mass is 383 g/mol. The van der Waals surface area contributed by atoms with Crippen molar-refractivity contribution < 1.29 is 18.3 Å². The maximum Gasteiger partial charge on any atom is 0.339 e. The molecular formula is C22H22FNO4. The molecule has 1 heterocycles. The highest BCUT2D eigenvalue weighted by atomic mass is 19.1. The molecule has 0 radical (unpaired) electrons. The van der Waals surface area contributed by atoms with Gasteiger partial charge in [-0.1, -0.05) is 12.1 Å². The SMILES string of the molecule is COc1ccc2c(C)c(CCC(=O)NC(C)c3ccc(F)cc3)c(=O)oc2c1. The number of aryl methyl sites for hydroxylation is 1. The Morgan fingerprint density at radius 2 is 1.93 bits per heavy atom. The number of hydrogen-bond donors (Lipinski definition) is 1. The quantitative estimate of drug-likeness (QED) is 0.652. The Kier molecular flexibility index (Phi) is 5.78. The second-order valence-corrected chi connectivity index (χ2v) is 6.70. The van der Waals surface area contributed by atoms with E-state index < -0.39 is 5.63 Å². The van der Waals surface area contributed by atoms with E-state index in [4.69, 9.17) is 9.15 Å². The molecule has 0 aliphatic rings. The molecule has 0 aliphatic carbocycles. The Morgan fingerprint density at radius 3 is 2.61 bits per heavy atom. The summed E-state index contributed by atoms with van der Waals surface area (Å²) in [6.45, 7) is 3.67. The fourth-order valence-corrected chi connectivity index (χ4v) is 3.18. The van der Waals surface area contributed by atoms with Crippen LogP contribution in [0.1, 0.15) is 36.1 Å². The number of carbonyl (C=O) groups is 1. The lowest BCUT2D eigenvalue weighted by atomic mass is 10.0. The fraction of sp³-hybridized carbons (Fsp3) is 0.273. The Morgan fingerprint density at radius 1 is 1.21 bits per heavy atom. The molecule has 0 saturated carbocycles. The third-order valence-corrected chi connectivity index (χ3v) is 4.84. The minimum absolute atomic E-state index is 0.152. The summed E-state index contributed by atoms with van der Waals surface area (Å²) in [7, 11) is 1.55. The van der Waals surface area contributed by atoms with Crippen LogP contribution in [0, 0.1) is 12.7 Å². The summed E-state index contributed by atoms with van der Waals surface area (Å²) in [5, 5.41) is 3.68. The van der Waals surface area contributed by atoms with Gasteiger partial charge in [-0.15, -0.1) is 0 Å². The van der Waals surface area contributed by atoms with Gasteiger partial charge in [0.1, 0.15) is 17.1 Å². The Hall–Kier alpha value is -3.15. The summed E-state index contributed by atoms with van der Waals surface area (Å²) < 4.78 is 23.6. The van der Waals surface area contributed by atoms with Crippen LogP contribution in [0.15, 0.2) is 51.7 Å². The van der Waals surface area contributed by atoms with Crippen LogP contribution in [0.3, 0.4) is 0 Å². The summed E-state index contributed by atoms with van der Waals surface area (Å²) in [6.07, 6.45) is 0.427. The number of carbonyl (C=O) groups excluding carboxylic acids is 1.